The molecule has 5 aromatic rings. The molecule has 0 bridgehead atoms. The van der Waals surface area contributed by atoms with Crippen LogP contribution in [-0.4, -0.2) is 50.5 Å². The lowest BCUT2D eigenvalue weighted by Crippen LogP contribution is -2.24. The number of hydrogen-bond acceptors (Lipinski definition) is 4. The fraction of sp³-hybridized carbons (Fsp3) is 0.353. The number of nitrogens with zero attached hydrogens (tertiary/aromatic N) is 4. The van der Waals surface area contributed by atoms with Crippen molar-refractivity contribution < 1.29 is 14.6 Å². The number of aryl methyl sites for hydroxylation is 5. The molecule has 6 rings (SSSR count). The molecule has 0 saturated heterocycles. The van der Waals surface area contributed by atoms with Crippen molar-refractivity contribution in [2.45, 2.75) is 52.6 Å². The highest BCUT2D eigenvalue weighted by Crippen LogP contribution is 2.41. The predicted molar refractivity (Wildman–Crippen MR) is 164 cm³/mol. The van der Waals surface area contributed by atoms with Gasteiger partial charge in [-0.2, -0.15) is 5.10 Å². The summed E-state index contributed by atoms with van der Waals surface area (Å²) in [5, 5.41) is 18.8. The Balaban J connectivity index is 1.44. The van der Waals surface area contributed by atoms with Crippen molar-refractivity contribution >= 4 is 27.6 Å². The van der Waals surface area contributed by atoms with E-state index in [2.05, 4.69) is 60.7 Å². The van der Waals surface area contributed by atoms with Gasteiger partial charge in [-0.3, -0.25) is 4.68 Å². The van der Waals surface area contributed by atoms with Crippen molar-refractivity contribution in [1.29, 1.82) is 0 Å². The van der Waals surface area contributed by atoms with E-state index in [0.29, 0.717) is 31.7 Å². The van der Waals surface area contributed by atoms with E-state index >= 15 is 0 Å². The second-order valence-corrected chi connectivity index (χ2v) is 11.2. The van der Waals surface area contributed by atoms with Gasteiger partial charge in [-0.05, 0) is 68.8 Å². The van der Waals surface area contributed by atoms with Crippen molar-refractivity contribution in [2.24, 2.45) is 7.05 Å². The zero-order valence-electron chi connectivity index (χ0n) is 24.4. The van der Waals surface area contributed by atoms with Crippen molar-refractivity contribution in [1.82, 2.24) is 19.2 Å². The van der Waals surface area contributed by atoms with Crippen LogP contribution in [0.15, 0.2) is 54.6 Å². The van der Waals surface area contributed by atoms with Crippen LogP contribution in [0.5, 0.6) is 5.75 Å². The first-order valence-corrected chi connectivity index (χ1v) is 14.6. The highest BCUT2D eigenvalue weighted by atomic mass is 16.5. The number of benzene rings is 3. The number of fused-ring (bicyclic) bond motifs is 3. The molecule has 3 heterocycles. The maximum atomic E-state index is 12.9. The Morgan fingerprint density at radius 1 is 1.00 bits per heavy atom. The van der Waals surface area contributed by atoms with Gasteiger partial charge < -0.3 is 19.3 Å². The van der Waals surface area contributed by atoms with Gasteiger partial charge in [0.15, 0.2) is 0 Å². The van der Waals surface area contributed by atoms with E-state index in [1.54, 1.807) is 0 Å². The van der Waals surface area contributed by atoms with Crippen LogP contribution >= 0.6 is 0 Å². The Morgan fingerprint density at radius 3 is 2.61 bits per heavy atom. The third-order valence-electron chi connectivity index (χ3n) is 8.48. The van der Waals surface area contributed by atoms with Crippen LogP contribution in [-0.2, 0) is 33.0 Å². The number of ether oxygens (including phenoxy) is 1. The van der Waals surface area contributed by atoms with E-state index in [1.807, 2.05) is 36.0 Å². The minimum Gasteiger partial charge on any atom is -0.493 e. The topological polar surface area (TPSA) is 72.5 Å². The SMILES string of the molecule is CCc1nn(C)c2c1-c1c(C)ccc3c(CCCOc4cccc5ccccc45)c(C(=O)O)n(c13)CCCN(C)C2. The molecule has 1 aliphatic rings. The van der Waals surface area contributed by atoms with E-state index in [1.165, 1.54) is 5.69 Å². The average Bonchev–Trinajstić information content (AvgIpc) is 3.44. The number of aromatic carboxylic acids is 1. The zero-order valence-corrected chi connectivity index (χ0v) is 24.4. The van der Waals surface area contributed by atoms with E-state index in [9.17, 15) is 9.90 Å². The third kappa shape index (κ3) is 4.78. The molecule has 0 aliphatic carbocycles. The molecule has 1 N–H and O–H groups in total. The minimum absolute atomic E-state index is 0.406. The molecule has 0 saturated carbocycles. The normalized spacial score (nSPS) is 14.0. The first-order chi connectivity index (χ1) is 19.9. The molecular formula is C34H38N4O3. The molecule has 41 heavy (non-hydrogen) atoms. The summed E-state index contributed by atoms with van der Waals surface area (Å²) in [5.74, 6) is -0.0112. The van der Waals surface area contributed by atoms with E-state index in [-0.39, 0.29) is 0 Å². The summed E-state index contributed by atoms with van der Waals surface area (Å²) in [4.78, 5) is 15.2. The maximum absolute atomic E-state index is 12.9. The van der Waals surface area contributed by atoms with Crippen LogP contribution in [0.2, 0.25) is 0 Å². The Kier molecular flexibility index (Phi) is 7.30. The molecule has 2 aromatic heterocycles. The molecule has 3 aromatic carbocycles. The van der Waals surface area contributed by atoms with E-state index in [4.69, 9.17) is 9.84 Å². The second-order valence-electron chi connectivity index (χ2n) is 11.2. The van der Waals surface area contributed by atoms with Gasteiger partial charge in [-0.1, -0.05) is 55.5 Å². The average molecular weight is 551 g/mol. The van der Waals surface area contributed by atoms with Crippen molar-refractivity contribution in [3.63, 3.8) is 0 Å². The summed E-state index contributed by atoms with van der Waals surface area (Å²) in [5.41, 5.74) is 7.99. The van der Waals surface area contributed by atoms with Crippen LogP contribution in [0.3, 0.4) is 0 Å². The van der Waals surface area contributed by atoms with Crippen LogP contribution in [0, 0.1) is 6.92 Å². The molecule has 0 spiro atoms. The molecule has 1 aliphatic heterocycles. The van der Waals surface area contributed by atoms with Crippen molar-refractivity contribution in [3.05, 3.63) is 82.8 Å². The first kappa shape index (κ1) is 27.1. The number of carboxylic acids is 1. The monoisotopic (exact) mass is 550 g/mol. The Bertz CT molecular complexity index is 1760. The lowest BCUT2D eigenvalue weighted by molar-refractivity contribution is 0.0684. The van der Waals surface area contributed by atoms with Gasteiger partial charge in [-0.25, -0.2) is 4.79 Å². The molecule has 0 radical (unpaired) electrons. The Hall–Kier alpha value is -4.10. The molecule has 7 heteroatoms. The van der Waals surface area contributed by atoms with Crippen LogP contribution < -0.4 is 4.74 Å². The minimum atomic E-state index is -0.873. The second kappa shape index (κ2) is 11.1. The van der Waals surface area contributed by atoms with E-state index in [0.717, 1.165) is 81.3 Å². The number of carbonyl (C=O) groups is 1. The fourth-order valence-corrected chi connectivity index (χ4v) is 6.58. The van der Waals surface area contributed by atoms with Crippen LogP contribution in [0.4, 0.5) is 0 Å². The Labute approximate surface area is 241 Å². The molecule has 0 fully saturated rings. The smallest absolute Gasteiger partial charge is 0.352 e. The van der Waals surface area contributed by atoms with Gasteiger partial charge in [0, 0.05) is 42.0 Å². The van der Waals surface area contributed by atoms with Crippen molar-refractivity contribution in [2.75, 3.05) is 20.2 Å². The summed E-state index contributed by atoms with van der Waals surface area (Å²) >= 11 is 0. The highest BCUT2D eigenvalue weighted by Gasteiger charge is 2.29. The molecule has 0 unspecified atom stereocenters. The largest absolute Gasteiger partial charge is 0.493 e. The summed E-state index contributed by atoms with van der Waals surface area (Å²) in [6, 6.07) is 18.6. The van der Waals surface area contributed by atoms with Crippen LogP contribution in [0.1, 0.15) is 52.8 Å². The third-order valence-corrected chi connectivity index (χ3v) is 8.48. The van der Waals surface area contributed by atoms with Gasteiger partial charge in [0.25, 0.3) is 0 Å². The zero-order chi connectivity index (χ0) is 28.7. The Morgan fingerprint density at radius 2 is 1.80 bits per heavy atom. The number of hydrogen-bond donors (Lipinski definition) is 1. The molecule has 0 amide bonds. The summed E-state index contributed by atoms with van der Waals surface area (Å²) in [7, 11) is 4.16. The number of aromatic nitrogens is 3. The summed E-state index contributed by atoms with van der Waals surface area (Å²) in [6.07, 6.45) is 3.02. The quantitative estimate of drug-likeness (QED) is 0.231. The molecule has 0 atom stereocenters. The van der Waals surface area contributed by atoms with Gasteiger partial charge in [-0.15, -0.1) is 0 Å². The fourth-order valence-electron chi connectivity index (χ4n) is 6.58. The van der Waals surface area contributed by atoms with Gasteiger partial charge in [0.05, 0.1) is 23.5 Å². The number of rotatable bonds is 7. The van der Waals surface area contributed by atoms with Crippen LogP contribution in [0.25, 0.3) is 32.8 Å². The predicted octanol–water partition coefficient (Wildman–Crippen LogP) is 6.61. The summed E-state index contributed by atoms with van der Waals surface area (Å²) < 4.78 is 10.3. The van der Waals surface area contributed by atoms with Gasteiger partial charge >= 0.3 is 5.97 Å². The van der Waals surface area contributed by atoms with E-state index < -0.39 is 5.97 Å². The van der Waals surface area contributed by atoms with Gasteiger partial charge in [0.2, 0.25) is 0 Å². The van der Waals surface area contributed by atoms with Crippen molar-refractivity contribution in [3.8, 4) is 16.9 Å². The highest BCUT2D eigenvalue weighted by molar-refractivity contribution is 6.05. The first-order valence-electron chi connectivity index (χ1n) is 14.6. The van der Waals surface area contributed by atoms with Gasteiger partial charge in [0.1, 0.15) is 11.4 Å². The standard InChI is InChI=1S/C34H38N4O3/c1-5-27-31-28(37(4)35-27)21-36(3)18-10-19-38-32-26(17-16-22(2)30(31)32)25(33(38)34(39)40)14-9-20-41-29-15-8-12-23-11-6-7-13-24(23)29/h6-8,11-13,15-17H,5,9-10,14,18-21H2,1-4H3,(H,39,40). The lowest BCUT2D eigenvalue weighted by Gasteiger charge is -2.22. The molecule has 212 valence electrons. The maximum Gasteiger partial charge on any atom is 0.352 e. The molecular weight excluding hydrogens is 512 g/mol. The summed E-state index contributed by atoms with van der Waals surface area (Å²) in [6.45, 7) is 7.12. The lowest BCUT2D eigenvalue weighted by atomic mass is 9.93. The molecule has 7 nitrogen and oxygen atoms in total. The number of carboxylic acid groups (broad SMARTS) is 1.